The molecule has 0 fully saturated rings. The van der Waals surface area contributed by atoms with Crippen molar-refractivity contribution in [2.45, 2.75) is 10.3 Å². The fourth-order valence-corrected chi connectivity index (χ4v) is 4.54. The van der Waals surface area contributed by atoms with Gasteiger partial charge in [0.15, 0.2) is 16.3 Å². The van der Waals surface area contributed by atoms with Gasteiger partial charge in [0.05, 0.1) is 11.2 Å². The van der Waals surface area contributed by atoms with E-state index in [4.69, 9.17) is 0 Å². The zero-order chi connectivity index (χ0) is 23.4. The van der Waals surface area contributed by atoms with Gasteiger partial charge in [0.25, 0.3) is 11.5 Å². The molecule has 0 bridgehead atoms. The molecule has 0 atom stereocenters. The highest BCUT2D eigenvalue weighted by atomic mass is 32.2. The van der Waals surface area contributed by atoms with Gasteiger partial charge in [-0.1, -0.05) is 35.5 Å². The highest BCUT2D eigenvalue weighted by Crippen LogP contribution is 2.29. The predicted molar refractivity (Wildman–Crippen MR) is 124 cm³/mol. The van der Waals surface area contributed by atoms with Gasteiger partial charge in [0.2, 0.25) is 5.16 Å². The van der Waals surface area contributed by atoms with Crippen molar-refractivity contribution < 1.29 is 0 Å². The number of aromatic amines is 1. The number of hydrogen-bond acceptors (Lipinski definition) is 8. The number of imidazole rings is 1. The van der Waals surface area contributed by atoms with Crippen LogP contribution >= 0.6 is 11.8 Å². The molecule has 2 aromatic carbocycles. The van der Waals surface area contributed by atoms with E-state index in [9.17, 15) is 9.59 Å². The van der Waals surface area contributed by atoms with Crippen molar-refractivity contribution in [3.8, 4) is 11.6 Å². The number of aryl methyl sites for hydroxylation is 1. The molecule has 0 unspecified atom stereocenters. The molecule has 0 amide bonds. The molecular weight excluding hydrogens is 456 g/mol. The van der Waals surface area contributed by atoms with E-state index >= 15 is 0 Å². The molecule has 0 saturated carbocycles. The zero-order valence-corrected chi connectivity index (χ0v) is 18.8. The van der Waals surface area contributed by atoms with Crippen LogP contribution in [0.2, 0.25) is 0 Å². The Morgan fingerprint density at radius 2 is 1.65 bits per heavy atom. The van der Waals surface area contributed by atoms with Gasteiger partial charge in [-0.05, 0) is 36.0 Å². The van der Waals surface area contributed by atoms with Gasteiger partial charge in [-0.3, -0.25) is 18.5 Å². The molecule has 0 radical (unpaired) electrons. The van der Waals surface area contributed by atoms with Gasteiger partial charge < -0.3 is 4.98 Å². The number of benzene rings is 2. The van der Waals surface area contributed by atoms with E-state index in [-0.39, 0.29) is 11.2 Å². The van der Waals surface area contributed by atoms with Crippen molar-refractivity contribution in [1.29, 1.82) is 0 Å². The minimum absolute atomic E-state index is 0.236. The molecular formula is C21H16N10O2S. The maximum atomic E-state index is 12.6. The summed E-state index contributed by atoms with van der Waals surface area (Å²) >= 11 is 1.19. The highest BCUT2D eigenvalue weighted by molar-refractivity contribution is 7.99. The summed E-state index contributed by atoms with van der Waals surface area (Å²) in [5, 5.41) is 18.2. The standard InChI is InChI=1S/C21H16N10O2S/c1-28-16-15(17(32)29(2)21(28)33)22-18(23-16)34-20-26-25-19(30(20)12-8-4-3-5-9-12)31-14-11-7-6-10-13(14)24-27-31/h3-11H,1-2H3,(H,22,23). The minimum Gasteiger partial charge on any atom is -0.327 e. The van der Waals surface area contributed by atoms with E-state index in [1.807, 2.05) is 59.2 Å². The Morgan fingerprint density at radius 1 is 0.882 bits per heavy atom. The molecule has 0 saturated heterocycles. The van der Waals surface area contributed by atoms with Crippen LogP contribution in [0.25, 0.3) is 33.8 Å². The molecule has 0 aliphatic carbocycles. The van der Waals surface area contributed by atoms with Crippen molar-refractivity contribution in [2.24, 2.45) is 14.1 Å². The maximum absolute atomic E-state index is 12.6. The summed E-state index contributed by atoms with van der Waals surface area (Å²) in [7, 11) is 3.00. The second kappa shape index (κ2) is 7.52. The van der Waals surface area contributed by atoms with Crippen molar-refractivity contribution in [2.75, 3.05) is 0 Å². The third-order valence-electron chi connectivity index (χ3n) is 5.43. The summed E-state index contributed by atoms with van der Waals surface area (Å²) in [6.07, 6.45) is 0. The molecule has 0 aliphatic heterocycles. The average molecular weight is 472 g/mol. The van der Waals surface area contributed by atoms with Crippen LogP contribution in [0.5, 0.6) is 0 Å². The number of rotatable bonds is 4. The molecule has 4 aromatic heterocycles. The Hall–Kier alpha value is -4.52. The first-order chi connectivity index (χ1) is 16.5. The largest absolute Gasteiger partial charge is 0.332 e. The average Bonchev–Trinajstić information content (AvgIpc) is 3.59. The molecule has 4 heterocycles. The van der Waals surface area contributed by atoms with Gasteiger partial charge in [0, 0.05) is 14.1 Å². The molecule has 6 aromatic rings. The number of nitrogens with zero attached hydrogens (tertiary/aromatic N) is 9. The van der Waals surface area contributed by atoms with Gasteiger partial charge in [-0.15, -0.1) is 15.3 Å². The highest BCUT2D eigenvalue weighted by Gasteiger charge is 2.21. The van der Waals surface area contributed by atoms with E-state index < -0.39 is 11.2 Å². The summed E-state index contributed by atoms with van der Waals surface area (Å²) in [6, 6.07) is 17.2. The minimum atomic E-state index is -0.451. The van der Waals surface area contributed by atoms with Crippen LogP contribution in [0.4, 0.5) is 0 Å². The number of para-hydroxylation sites is 2. The molecule has 34 heavy (non-hydrogen) atoms. The Kier molecular flexibility index (Phi) is 4.45. The second-order valence-corrected chi connectivity index (χ2v) is 8.45. The lowest BCUT2D eigenvalue weighted by molar-refractivity contribution is 0.708. The maximum Gasteiger partial charge on any atom is 0.332 e. The molecule has 13 heteroatoms. The smallest absolute Gasteiger partial charge is 0.327 e. The first-order valence-corrected chi connectivity index (χ1v) is 11.0. The Bertz CT molecular complexity index is 1810. The third kappa shape index (κ3) is 2.97. The SMILES string of the molecule is Cn1c(=O)c2[nH]c(Sc3nnc(-n4nnc5ccccc54)n3-c3ccccc3)nc2n(C)c1=O. The lowest BCUT2D eigenvalue weighted by Gasteiger charge is -2.09. The number of H-pyrrole nitrogens is 1. The van der Waals surface area contributed by atoms with Crippen LogP contribution in [0.3, 0.4) is 0 Å². The normalized spacial score (nSPS) is 11.6. The summed E-state index contributed by atoms with van der Waals surface area (Å²) in [6.45, 7) is 0. The lowest BCUT2D eigenvalue weighted by atomic mass is 10.3. The number of fused-ring (bicyclic) bond motifs is 2. The lowest BCUT2D eigenvalue weighted by Crippen LogP contribution is -2.36. The number of aromatic nitrogens is 10. The van der Waals surface area contributed by atoms with Crippen LogP contribution in [-0.2, 0) is 14.1 Å². The van der Waals surface area contributed by atoms with Crippen molar-refractivity contribution in [3.05, 3.63) is 75.4 Å². The molecule has 1 N–H and O–H groups in total. The molecule has 12 nitrogen and oxygen atoms in total. The first kappa shape index (κ1) is 20.1. The first-order valence-electron chi connectivity index (χ1n) is 10.2. The Labute approximate surface area is 194 Å². The fourth-order valence-electron chi connectivity index (χ4n) is 3.72. The van der Waals surface area contributed by atoms with E-state index in [0.29, 0.717) is 16.3 Å². The number of nitrogens with one attached hydrogen (secondary N) is 1. The topological polar surface area (TPSA) is 134 Å². The van der Waals surface area contributed by atoms with Gasteiger partial charge in [0.1, 0.15) is 5.52 Å². The van der Waals surface area contributed by atoms with E-state index in [1.54, 1.807) is 11.7 Å². The fraction of sp³-hybridized carbons (Fsp3) is 0.0952. The van der Waals surface area contributed by atoms with Crippen LogP contribution < -0.4 is 11.2 Å². The molecule has 6 rings (SSSR count). The summed E-state index contributed by atoms with van der Waals surface area (Å²) in [5.74, 6) is 0.446. The van der Waals surface area contributed by atoms with Crippen LogP contribution in [0, 0.1) is 0 Å². The van der Waals surface area contributed by atoms with E-state index in [0.717, 1.165) is 21.3 Å². The third-order valence-corrected chi connectivity index (χ3v) is 6.27. The monoisotopic (exact) mass is 472 g/mol. The number of hydrogen-bond donors (Lipinski definition) is 1. The molecule has 0 aliphatic rings. The predicted octanol–water partition coefficient (Wildman–Crippen LogP) is 1.43. The van der Waals surface area contributed by atoms with Crippen molar-refractivity contribution in [3.63, 3.8) is 0 Å². The zero-order valence-electron chi connectivity index (χ0n) is 17.9. The van der Waals surface area contributed by atoms with Crippen molar-refractivity contribution in [1.82, 2.24) is 48.9 Å². The second-order valence-electron chi connectivity index (χ2n) is 7.49. The quantitative estimate of drug-likeness (QED) is 0.407. The van der Waals surface area contributed by atoms with Crippen LogP contribution in [-0.4, -0.2) is 48.9 Å². The van der Waals surface area contributed by atoms with Gasteiger partial charge in [-0.2, -0.15) is 4.68 Å². The Balaban J connectivity index is 1.53. The summed E-state index contributed by atoms with van der Waals surface area (Å²) < 4.78 is 5.81. The van der Waals surface area contributed by atoms with Crippen LogP contribution in [0.1, 0.15) is 0 Å². The summed E-state index contributed by atoms with van der Waals surface area (Å²) in [5.41, 5.74) is 1.93. The molecule has 168 valence electrons. The van der Waals surface area contributed by atoms with Gasteiger partial charge >= 0.3 is 5.69 Å². The Morgan fingerprint density at radius 3 is 2.47 bits per heavy atom. The van der Waals surface area contributed by atoms with Crippen LogP contribution in [0.15, 0.2) is 74.5 Å². The van der Waals surface area contributed by atoms with E-state index in [1.165, 1.54) is 23.4 Å². The summed E-state index contributed by atoms with van der Waals surface area (Å²) in [4.78, 5) is 32.3. The van der Waals surface area contributed by atoms with Gasteiger partial charge in [-0.25, -0.2) is 9.78 Å². The van der Waals surface area contributed by atoms with Crippen molar-refractivity contribution >= 4 is 34.0 Å². The molecule has 0 spiro atoms. The van der Waals surface area contributed by atoms with E-state index in [2.05, 4.69) is 30.5 Å².